The highest BCUT2D eigenvalue weighted by Crippen LogP contribution is 2.28. The van der Waals surface area contributed by atoms with Crippen molar-refractivity contribution in [1.82, 2.24) is 19.8 Å². The van der Waals surface area contributed by atoms with Gasteiger partial charge in [-0.1, -0.05) is 17.8 Å². The van der Waals surface area contributed by atoms with E-state index in [1.807, 2.05) is 24.5 Å². The van der Waals surface area contributed by atoms with Gasteiger partial charge in [0, 0.05) is 9.79 Å². The van der Waals surface area contributed by atoms with E-state index >= 15 is 0 Å². The molecule has 0 spiro atoms. The van der Waals surface area contributed by atoms with Crippen LogP contribution in [-0.2, 0) is 0 Å². The van der Waals surface area contributed by atoms with Crippen LogP contribution >= 0.6 is 23.5 Å². The molecule has 0 aliphatic carbocycles. The van der Waals surface area contributed by atoms with E-state index in [-0.39, 0.29) is 5.69 Å². The van der Waals surface area contributed by atoms with Crippen molar-refractivity contribution in [3.05, 3.63) is 46.9 Å². The van der Waals surface area contributed by atoms with Crippen LogP contribution in [0.25, 0.3) is 5.65 Å². The van der Waals surface area contributed by atoms with Crippen molar-refractivity contribution in [3.63, 3.8) is 0 Å². The Morgan fingerprint density at radius 3 is 2.89 bits per heavy atom. The maximum Gasteiger partial charge on any atom is 0.364 e. The molecule has 0 unspecified atom stereocenters. The first-order valence-electron chi connectivity index (χ1n) is 5.52. The number of hydrogen-bond acceptors (Lipinski definition) is 5. The number of aromatic nitrogens is 4. The van der Waals surface area contributed by atoms with E-state index in [9.17, 15) is 4.79 Å². The summed E-state index contributed by atoms with van der Waals surface area (Å²) < 4.78 is 1.26. The molecule has 0 aliphatic rings. The lowest BCUT2D eigenvalue weighted by Crippen LogP contribution is -2.12. The number of nitrogens with zero attached hydrogens (tertiary/aromatic N) is 3. The molecule has 5 nitrogen and oxygen atoms in total. The molecule has 0 saturated carbocycles. The quantitative estimate of drug-likeness (QED) is 0.750. The third kappa shape index (κ3) is 2.52. The zero-order chi connectivity index (χ0) is 13.2. The van der Waals surface area contributed by atoms with Crippen LogP contribution in [0.1, 0.15) is 0 Å². The molecule has 0 amide bonds. The van der Waals surface area contributed by atoms with E-state index in [2.05, 4.69) is 27.4 Å². The summed E-state index contributed by atoms with van der Waals surface area (Å²) in [7, 11) is 0. The lowest BCUT2D eigenvalue weighted by atomic mass is 10.4. The van der Waals surface area contributed by atoms with E-state index in [0.29, 0.717) is 5.65 Å². The summed E-state index contributed by atoms with van der Waals surface area (Å²) in [6.45, 7) is 0. The number of rotatable bonds is 3. The Bertz CT molecular complexity index is 780. The number of aromatic amines is 1. The first-order valence-corrected chi connectivity index (χ1v) is 7.57. The Hall–Kier alpha value is -1.73. The fourth-order valence-electron chi connectivity index (χ4n) is 1.63. The molecule has 3 aromatic rings. The summed E-state index contributed by atoms with van der Waals surface area (Å²) in [6.07, 6.45) is 2.04. The average Bonchev–Trinajstić information content (AvgIpc) is 2.80. The second-order valence-electron chi connectivity index (χ2n) is 3.75. The standard InChI is InChI=1S/C12H10N4OS2/c1-18-8-3-2-4-9(7-8)19-11-6-5-10-13-14-12(17)16(10)15-11/h2-7H,1H3,(H,14,17). The molecule has 7 heteroatoms. The highest BCUT2D eigenvalue weighted by Gasteiger charge is 2.05. The number of H-pyrrole nitrogens is 1. The molecule has 2 aromatic heterocycles. The van der Waals surface area contributed by atoms with Crippen LogP contribution in [0, 0.1) is 0 Å². The number of benzene rings is 1. The lowest BCUT2D eigenvalue weighted by Gasteiger charge is -2.02. The van der Waals surface area contributed by atoms with Gasteiger partial charge in [0.2, 0.25) is 0 Å². The van der Waals surface area contributed by atoms with E-state index in [1.165, 1.54) is 21.2 Å². The zero-order valence-corrected chi connectivity index (χ0v) is 11.7. The van der Waals surface area contributed by atoms with Gasteiger partial charge in [0.25, 0.3) is 0 Å². The molecule has 0 radical (unpaired) electrons. The molecule has 0 fully saturated rings. The fourth-order valence-corrected chi connectivity index (χ4v) is 2.99. The summed E-state index contributed by atoms with van der Waals surface area (Å²) in [4.78, 5) is 13.7. The first kappa shape index (κ1) is 12.3. The van der Waals surface area contributed by atoms with Gasteiger partial charge in [-0.05, 0) is 36.6 Å². The van der Waals surface area contributed by atoms with Gasteiger partial charge in [-0.25, -0.2) is 9.89 Å². The molecule has 0 atom stereocenters. The van der Waals surface area contributed by atoms with Gasteiger partial charge in [-0.3, -0.25) is 0 Å². The maximum atomic E-state index is 11.5. The topological polar surface area (TPSA) is 63.0 Å². The van der Waals surface area contributed by atoms with Crippen LogP contribution in [0.3, 0.4) is 0 Å². The minimum Gasteiger partial charge on any atom is -0.244 e. The molecule has 2 heterocycles. The van der Waals surface area contributed by atoms with Crippen LogP contribution in [0.2, 0.25) is 0 Å². The Balaban J connectivity index is 1.95. The van der Waals surface area contributed by atoms with E-state index in [4.69, 9.17) is 0 Å². The number of hydrogen-bond donors (Lipinski definition) is 1. The van der Waals surface area contributed by atoms with Crippen LogP contribution in [-0.4, -0.2) is 26.1 Å². The van der Waals surface area contributed by atoms with Crippen LogP contribution in [0.15, 0.2) is 56.0 Å². The molecule has 1 aromatic carbocycles. The van der Waals surface area contributed by atoms with Gasteiger partial charge >= 0.3 is 5.69 Å². The van der Waals surface area contributed by atoms with Crippen molar-refractivity contribution in [2.45, 2.75) is 14.8 Å². The highest BCUT2D eigenvalue weighted by molar-refractivity contribution is 7.99. The van der Waals surface area contributed by atoms with Gasteiger partial charge in [-0.15, -0.1) is 11.8 Å². The zero-order valence-electron chi connectivity index (χ0n) is 10.0. The van der Waals surface area contributed by atoms with Gasteiger partial charge in [0.15, 0.2) is 5.65 Å². The van der Waals surface area contributed by atoms with Crippen molar-refractivity contribution >= 4 is 29.2 Å². The molecule has 0 bridgehead atoms. The number of thioether (sulfide) groups is 1. The van der Waals surface area contributed by atoms with E-state index in [0.717, 1.165) is 9.92 Å². The Kier molecular flexibility index (Phi) is 3.31. The SMILES string of the molecule is CSc1cccc(Sc2ccc3n[nH]c(=O)n3n2)c1. The second kappa shape index (κ2) is 5.10. The highest BCUT2D eigenvalue weighted by atomic mass is 32.2. The Morgan fingerprint density at radius 2 is 2.05 bits per heavy atom. The van der Waals surface area contributed by atoms with Crippen LogP contribution < -0.4 is 5.69 Å². The molecule has 1 N–H and O–H groups in total. The maximum absolute atomic E-state index is 11.5. The van der Waals surface area contributed by atoms with Crippen LogP contribution in [0.5, 0.6) is 0 Å². The summed E-state index contributed by atoms with van der Waals surface area (Å²) >= 11 is 3.21. The first-order chi connectivity index (χ1) is 9.26. The Morgan fingerprint density at radius 1 is 1.21 bits per heavy atom. The third-order valence-electron chi connectivity index (χ3n) is 2.51. The predicted molar refractivity (Wildman–Crippen MR) is 76.0 cm³/mol. The summed E-state index contributed by atoms with van der Waals surface area (Å²) in [6, 6.07) is 11.8. The van der Waals surface area contributed by atoms with E-state index in [1.54, 1.807) is 17.8 Å². The van der Waals surface area contributed by atoms with Gasteiger partial charge in [-0.2, -0.15) is 14.7 Å². The summed E-state index contributed by atoms with van der Waals surface area (Å²) in [5, 5.41) is 11.2. The van der Waals surface area contributed by atoms with E-state index < -0.39 is 0 Å². The normalized spacial score (nSPS) is 11.0. The van der Waals surface area contributed by atoms with Gasteiger partial charge in [0.05, 0.1) is 0 Å². The number of nitrogens with one attached hydrogen (secondary N) is 1. The fraction of sp³-hybridized carbons (Fsp3) is 0.0833. The van der Waals surface area contributed by atoms with Crippen molar-refractivity contribution in [2.24, 2.45) is 0 Å². The van der Waals surface area contributed by atoms with Crippen molar-refractivity contribution in [1.29, 1.82) is 0 Å². The Labute approximate surface area is 117 Å². The summed E-state index contributed by atoms with van der Waals surface area (Å²) in [5.74, 6) is 0. The molecule has 19 heavy (non-hydrogen) atoms. The minimum absolute atomic E-state index is 0.324. The molecule has 0 aliphatic heterocycles. The summed E-state index contributed by atoms with van der Waals surface area (Å²) in [5.41, 5.74) is 0.197. The van der Waals surface area contributed by atoms with Crippen molar-refractivity contribution < 1.29 is 0 Å². The van der Waals surface area contributed by atoms with Gasteiger partial charge < -0.3 is 0 Å². The predicted octanol–water partition coefficient (Wildman–Crippen LogP) is 2.29. The molecule has 3 rings (SSSR count). The van der Waals surface area contributed by atoms with Gasteiger partial charge in [0.1, 0.15) is 5.03 Å². The third-order valence-corrected chi connectivity index (χ3v) is 4.15. The molecular formula is C12H10N4OS2. The molecular weight excluding hydrogens is 280 g/mol. The molecule has 0 saturated heterocycles. The van der Waals surface area contributed by atoms with Crippen molar-refractivity contribution in [3.8, 4) is 0 Å². The largest absolute Gasteiger partial charge is 0.364 e. The lowest BCUT2D eigenvalue weighted by molar-refractivity contribution is 0.820. The number of fused-ring (bicyclic) bond motifs is 1. The monoisotopic (exact) mass is 290 g/mol. The molecule has 96 valence electrons. The average molecular weight is 290 g/mol. The van der Waals surface area contributed by atoms with Crippen molar-refractivity contribution in [2.75, 3.05) is 6.26 Å². The minimum atomic E-state index is -0.324. The van der Waals surface area contributed by atoms with Crippen LogP contribution in [0.4, 0.5) is 0 Å². The smallest absolute Gasteiger partial charge is 0.244 e. The second-order valence-corrected chi connectivity index (χ2v) is 5.72.